The van der Waals surface area contributed by atoms with Crippen LogP contribution in [0.5, 0.6) is 0 Å². The Morgan fingerprint density at radius 1 is 1.03 bits per heavy atom. The molecule has 1 aliphatic rings. The average molecular weight is 396 g/mol. The second-order valence-corrected chi connectivity index (χ2v) is 7.11. The molecule has 0 radical (unpaired) electrons. The van der Waals surface area contributed by atoms with E-state index in [9.17, 15) is 9.59 Å². The van der Waals surface area contributed by atoms with Gasteiger partial charge < -0.3 is 19.9 Å². The zero-order chi connectivity index (χ0) is 20.8. The molecule has 1 fully saturated rings. The first-order valence-corrected chi connectivity index (χ1v) is 10.2. The van der Waals surface area contributed by atoms with Crippen molar-refractivity contribution in [1.29, 1.82) is 0 Å². The van der Waals surface area contributed by atoms with Gasteiger partial charge in [-0.1, -0.05) is 6.07 Å². The first-order chi connectivity index (χ1) is 14.0. The van der Waals surface area contributed by atoms with Crippen LogP contribution < -0.4 is 10.2 Å². The van der Waals surface area contributed by atoms with E-state index < -0.39 is 0 Å². The summed E-state index contributed by atoms with van der Waals surface area (Å²) in [6.45, 7) is 10.4. The number of amides is 2. The van der Waals surface area contributed by atoms with Gasteiger partial charge in [0.2, 0.25) is 0 Å². The van der Waals surface area contributed by atoms with Gasteiger partial charge >= 0.3 is 0 Å². The number of carbonyl (C=O) groups excluding carboxylic acids is 2. The van der Waals surface area contributed by atoms with Crippen LogP contribution in [-0.2, 0) is 4.74 Å². The van der Waals surface area contributed by atoms with E-state index in [1.807, 2.05) is 19.1 Å². The Hall–Kier alpha value is -2.86. The van der Waals surface area contributed by atoms with Crippen molar-refractivity contribution in [1.82, 2.24) is 4.90 Å². The van der Waals surface area contributed by atoms with Gasteiger partial charge in [0.05, 0.1) is 13.2 Å². The summed E-state index contributed by atoms with van der Waals surface area (Å²) in [4.78, 5) is 29.5. The highest BCUT2D eigenvalue weighted by atomic mass is 16.5. The SMILES string of the molecule is CCN(CC)c1ccc(NC(=O)c2cccc(C(=O)N3CCOCC3)c2)c(C)c1. The molecule has 2 aromatic carbocycles. The van der Waals surface area contributed by atoms with Crippen molar-refractivity contribution in [3.05, 3.63) is 59.2 Å². The first kappa shape index (κ1) is 20.9. The van der Waals surface area contributed by atoms with Crippen LogP contribution in [0.15, 0.2) is 42.5 Å². The largest absolute Gasteiger partial charge is 0.378 e. The zero-order valence-electron chi connectivity index (χ0n) is 17.4. The Morgan fingerprint density at radius 3 is 2.38 bits per heavy atom. The third kappa shape index (κ3) is 4.95. The number of benzene rings is 2. The Morgan fingerprint density at radius 2 is 1.72 bits per heavy atom. The van der Waals surface area contributed by atoms with E-state index in [0.717, 1.165) is 30.0 Å². The molecule has 3 rings (SSSR count). The molecule has 1 saturated heterocycles. The predicted octanol–water partition coefficient (Wildman–Crippen LogP) is 3.57. The number of nitrogens with one attached hydrogen (secondary N) is 1. The van der Waals surface area contributed by atoms with E-state index in [4.69, 9.17) is 4.74 Å². The standard InChI is InChI=1S/C23H29N3O3/c1-4-25(5-2)20-9-10-21(17(3)15-20)24-22(27)18-7-6-8-19(16-18)23(28)26-11-13-29-14-12-26/h6-10,15-16H,4-5,11-14H2,1-3H3,(H,24,27). The number of hydrogen-bond donors (Lipinski definition) is 1. The number of hydrogen-bond acceptors (Lipinski definition) is 4. The smallest absolute Gasteiger partial charge is 0.255 e. The molecular formula is C23H29N3O3. The van der Waals surface area contributed by atoms with Crippen molar-refractivity contribution in [2.45, 2.75) is 20.8 Å². The number of anilines is 2. The summed E-state index contributed by atoms with van der Waals surface area (Å²) < 4.78 is 5.30. The van der Waals surface area contributed by atoms with Gasteiger partial charge in [-0.25, -0.2) is 0 Å². The number of rotatable bonds is 6. The summed E-state index contributed by atoms with van der Waals surface area (Å²) in [5.41, 5.74) is 3.91. The van der Waals surface area contributed by atoms with E-state index in [1.54, 1.807) is 29.2 Å². The van der Waals surface area contributed by atoms with E-state index >= 15 is 0 Å². The minimum atomic E-state index is -0.222. The lowest BCUT2D eigenvalue weighted by atomic mass is 10.1. The molecular weight excluding hydrogens is 366 g/mol. The van der Waals surface area contributed by atoms with Gasteiger partial charge in [0.25, 0.3) is 11.8 Å². The molecule has 2 amide bonds. The van der Waals surface area contributed by atoms with Crippen LogP contribution in [0.4, 0.5) is 11.4 Å². The predicted molar refractivity (Wildman–Crippen MR) is 116 cm³/mol. The third-order valence-corrected chi connectivity index (χ3v) is 5.26. The van der Waals surface area contributed by atoms with Gasteiger partial charge in [0, 0.05) is 48.7 Å². The van der Waals surface area contributed by atoms with Crippen LogP contribution in [0.2, 0.25) is 0 Å². The fraction of sp³-hybridized carbons (Fsp3) is 0.391. The van der Waals surface area contributed by atoms with Crippen molar-refractivity contribution < 1.29 is 14.3 Å². The normalized spacial score (nSPS) is 13.8. The lowest BCUT2D eigenvalue weighted by Crippen LogP contribution is -2.40. The van der Waals surface area contributed by atoms with Crippen molar-refractivity contribution in [2.24, 2.45) is 0 Å². The van der Waals surface area contributed by atoms with Gasteiger partial charge in [0.1, 0.15) is 0 Å². The average Bonchev–Trinajstić information content (AvgIpc) is 2.76. The van der Waals surface area contributed by atoms with Crippen molar-refractivity contribution >= 4 is 23.2 Å². The van der Waals surface area contributed by atoms with Gasteiger partial charge in [-0.15, -0.1) is 0 Å². The van der Waals surface area contributed by atoms with Gasteiger partial charge in [0.15, 0.2) is 0 Å². The highest BCUT2D eigenvalue weighted by Gasteiger charge is 2.19. The summed E-state index contributed by atoms with van der Waals surface area (Å²) in [5.74, 6) is -0.289. The number of carbonyl (C=O) groups is 2. The number of ether oxygens (including phenoxy) is 1. The molecule has 0 spiro atoms. The second-order valence-electron chi connectivity index (χ2n) is 7.11. The van der Waals surface area contributed by atoms with E-state index in [1.165, 1.54) is 0 Å². The second kappa shape index (κ2) is 9.56. The van der Waals surface area contributed by atoms with Crippen molar-refractivity contribution in [3.63, 3.8) is 0 Å². The van der Waals surface area contributed by atoms with Gasteiger partial charge in [-0.2, -0.15) is 0 Å². The maximum Gasteiger partial charge on any atom is 0.255 e. The quantitative estimate of drug-likeness (QED) is 0.812. The molecule has 1 heterocycles. The van der Waals surface area contributed by atoms with Crippen LogP contribution in [0, 0.1) is 6.92 Å². The lowest BCUT2D eigenvalue weighted by molar-refractivity contribution is 0.0303. The van der Waals surface area contributed by atoms with Gasteiger partial charge in [-0.3, -0.25) is 9.59 Å². The molecule has 1 aliphatic heterocycles. The summed E-state index contributed by atoms with van der Waals surface area (Å²) in [7, 11) is 0. The minimum absolute atomic E-state index is 0.0669. The first-order valence-electron chi connectivity index (χ1n) is 10.2. The highest BCUT2D eigenvalue weighted by Crippen LogP contribution is 2.23. The monoisotopic (exact) mass is 395 g/mol. The highest BCUT2D eigenvalue weighted by molar-refractivity contribution is 6.06. The minimum Gasteiger partial charge on any atom is -0.378 e. The van der Waals surface area contributed by atoms with Crippen LogP contribution in [0.3, 0.4) is 0 Å². The van der Waals surface area contributed by atoms with Crippen molar-refractivity contribution in [3.8, 4) is 0 Å². The summed E-state index contributed by atoms with van der Waals surface area (Å²) >= 11 is 0. The summed E-state index contributed by atoms with van der Waals surface area (Å²) in [6.07, 6.45) is 0. The van der Waals surface area contributed by atoms with Crippen LogP contribution in [0.1, 0.15) is 40.1 Å². The topological polar surface area (TPSA) is 61.9 Å². The molecule has 0 bridgehead atoms. The van der Waals surface area contributed by atoms with E-state index in [0.29, 0.717) is 37.4 Å². The molecule has 0 unspecified atom stereocenters. The molecule has 29 heavy (non-hydrogen) atoms. The molecule has 0 aromatic heterocycles. The Balaban J connectivity index is 1.73. The Labute approximate surface area is 172 Å². The summed E-state index contributed by atoms with van der Waals surface area (Å²) in [5, 5.41) is 2.97. The fourth-order valence-electron chi connectivity index (χ4n) is 3.51. The zero-order valence-corrected chi connectivity index (χ0v) is 17.4. The molecule has 1 N–H and O–H groups in total. The number of nitrogens with zero attached hydrogens (tertiary/aromatic N) is 2. The van der Waals surface area contributed by atoms with Gasteiger partial charge in [-0.05, 0) is 62.7 Å². The maximum atomic E-state index is 12.8. The number of morpholine rings is 1. The van der Waals surface area contributed by atoms with E-state index in [-0.39, 0.29) is 11.8 Å². The Bertz CT molecular complexity index is 871. The van der Waals surface area contributed by atoms with Crippen LogP contribution in [0.25, 0.3) is 0 Å². The molecule has 6 nitrogen and oxygen atoms in total. The van der Waals surface area contributed by atoms with Crippen molar-refractivity contribution in [2.75, 3.05) is 49.6 Å². The maximum absolute atomic E-state index is 12.8. The summed E-state index contributed by atoms with van der Waals surface area (Å²) in [6, 6.07) is 12.9. The molecule has 0 aliphatic carbocycles. The molecule has 0 atom stereocenters. The van der Waals surface area contributed by atoms with Crippen LogP contribution >= 0.6 is 0 Å². The van der Waals surface area contributed by atoms with E-state index in [2.05, 4.69) is 30.1 Å². The lowest BCUT2D eigenvalue weighted by Gasteiger charge is -2.27. The van der Waals surface area contributed by atoms with Crippen LogP contribution in [-0.4, -0.2) is 56.1 Å². The third-order valence-electron chi connectivity index (χ3n) is 5.26. The molecule has 2 aromatic rings. The number of aryl methyl sites for hydroxylation is 1. The molecule has 154 valence electrons. The fourth-order valence-corrected chi connectivity index (χ4v) is 3.51. The Kier molecular flexibility index (Phi) is 6.88. The molecule has 6 heteroatoms. The molecule has 0 saturated carbocycles.